The molecule has 4 heterocycles. The van der Waals surface area contributed by atoms with E-state index in [0.29, 0.717) is 29.9 Å². The van der Waals surface area contributed by atoms with Gasteiger partial charge in [0, 0.05) is 31.8 Å². The van der Waals surface area contributed by atoms with E-state index in [0.717, 1.165) is 27.3 Å². The summed E-state index contributed by atoms with van der Waals surface area (Å²) in [6.07, 6.45) is 2.19. The predicted octanol–water partition coefficient (Wildman–Crippen LogP) is 2.12. The Morgan fingerprint density at radius 2 is 1.90 bits per heavy atom. The molecular weight excluding hydrogens is 414 g/mol. The van der Waals surface area contributed by atoms with Crippen LogP contribution in [0.15, 0.2) is 51.4 Å². The normalized spacial score (nSPS) is 11.8. The summed E-state index contributed by atoms with van der Waals surface area (Å²) >= 11 is 1.57. The van der Waals surface area contributed by atoms with Crippen molar-refractivity contribution in [3.63, 3.8) is 0 Å². The number of hydrogen-bond donors (Lipinski definition) is 0. The number of para-hydroxylation sites is 1. The highest BCUT2D eigenvalue weighted by atomic mass is 32.2. The van der Waals surface area contributed by atoms with Crippen LogP contribution in [0.1, 0.15) is 12.0 Å². The maximum absolute atomic E-state index is 12.8. The molecule has 0 saturated carbocycles. The van der Waals surface area contributed by atoms with Crippen LogP contribution in [0.2, 0.25) is 0 Å². The topological polar surface area (TPSA) is 92.0 Å². The van der Waals surface area contributed by atoms with Crippen molar-refractivity contribution in [1.29, 1.82) is 0 Å². The first kappa shape index (κ1) is 19.6. The Morgan fingerprint density at radius 1 is 1.10 bits per heavy atom. The van der Waals surface area contributed by atoms with Crippen molar-refractivity contribution < 1.29 is 0 Å². The minimum atomic E-state index is -0.351. The number of fused-ring (bicyclic) bond motifs is 4. The molecule has 4 aromatic heterocycles. The van der Waals surface area contributed by atoms with Crippen LogP contribution in [0, 0.1) is 6.92 Å². The molecule has 0 aliphatic rings. The predicted molar refractivity (Wildman–Crippen MR) is 121 cm³/mol. The third-order valence-electron chi connectivity index (χ3n) is 5.53. The minimum absolute atomic E-state index is 0.308. The first-order valence-corrected chi connectivity index (χ1v) is 10.9. The Kier molecular flexibility index (Phi) is 4.66. The van der Waals surface area contributed by atoms with E-state index >= 15 is 0 Å². The number of benzene rings is 1. The Morgan fingerprint density at radius 3 is 2.74 bits per heavy atom. The second kappa shape index (κ2) is 7.38. The van der Waals surface area contributed by atoms with Crippen LogP contribution >= 0.6 is 11.8 Å². The van der Waals surface area contributed by atoms with Gasteiger partial charge >= 0.3 is 5.69 Å². The lowest BCUT2D eigenvalue weighted by Gasteiger charge is -2.09. The van der Waals surface area contributed by atoms with Crippen LogP contribution in [0.25, 0.3) is 27.7 Å². The highest BCUT2D eigenvalue weighted by Gasteiger charge is 2.15. The van der Waals surface area contributed by atoms with E-state index in [2.05, 4.69) is 38.6 Å². The van der Waals surface area contributed by atoms with Gasteiger partial charge in [-0.15, -0.1) is 10.2 Å². The lowest BCUT2D eigenvalue weighted by atomic mass is 10.1. The van der Waals surface area contributed by atoms with Crippen molar-refractivity contribution in [2.75, 3.05) is 5.75 Å². The fraction of sp³-hybridized carbons (Fsp3) is 0.286. The fourth-order valence-electron chi connectivity index (χ4n) is 3.95. The van der Waals surface area contributed by atoms with Crippen molar-refractivity contribution in [3.05, 3.63) is 63.1 Å². The Labute approximate surface area is 181 Å². The molecule has 0 unspecified atom stereocenters. The summed E-state index contributed by atoms with van der Waals surface area (Å²) in [6, 6.07) is 10.2. The molecule has 1 aromatic carbocycles. The van der Waals surface area contributed by atoms with Gasteiger partial charge in [0.25, 0.3) is 5.56 Å². The molecule has 9 nitrogen and oxygen atoms in total. The standard InChI is InChI=1S/C21H21N7O2S/c1-13-11-16-23-24-20(28(16)15-8-5-4-7-14(13)15)31-10-6-9-27-19(29)17-18(22-12-25(17)2)26(3)21(27)30/h4-5,7-8,11-12H,6,9-10H2,1-3H3. The number of aryl methyl sites for hydroxylation is 3. The fourth-order valence-corrected chi connectivity index (χ4v) is 4.82. The zero-order chi connectivity index (χ0) is 21.7. The van der Waals surface area contributed by atoms with Crippen molar-refractivity contribution >= 4 is 39.5 Å². The molecule has 0 atom stereocenters. The number of pyridine rings is 1. The Bertz CT molecular complexity index is 1570. The number of aromatic nitrogens is 7. The molecule has 31 heavy (non-hydrogen) atoms. The van der Waals surface area contributed by atoms with Gasteiger partial charge in [-0.25, -0.2) is 9.78 Å². The molecule has 158 valence electrons. The van der Waals surface area contributed by atoms with Crippen molar-refractivity contribution in [1.82, 2.24) is 33.3 Å². The molecule has 0 N–H and O–H groups in total. The Hall–Kier alpha value is -3.40. The van der Waals surface area contributed by atoms with Crippen LogP contribution < -0.4 is 11.2 Å². The van der Waals surface area contributed by atoms with Gasteiger partial charge in [-0.1, -0.05) is 30.0 Å². The molecule has 0 fully saturated rings. The summed E-state index contributed by atoms with van der Waals surface area (Å²) in [4.78, 5) is 29.6. The zero-order valence-electron chi connectivity index (χ0n) is 17.4. The molecule has 5 aromatic rings. The molecule has 5 rings (SSSR count). The lowest BCUT2D eigenvalue weighted by molar-refractivity contribution is 0.594. The number of thioether (sulfide) groups is 1. The summed E-state index contributed by atoms with van der Waals surface area (Å²) in [5.74, 6) is 0.696. The monoisotopic (exact) mass is 435 g/mol. The van der Waals surface area contributed by atoms with Gasteiger partial charge in [-0.05, 0) is 31.0 Å². The summed E-state index contributed by atoms with van der Waals surface area (Å²) in [5.41, 5.74) is 3.21. The van der Waals surface area contributed by atoms with E-state index < -0.39 is 0 Å². The summed E-state index contributed by atoms with van der Waals surface area (Å²) in [7, 11) is 3.39. The number of nitrogens with zero attached hydrogens (tertiary/aromatic N) is 7. The van der Waals surface area contributed by atoms with Gasteiger partial charge in [0.05, 0.1) is 11.8 Å². The van der Waals surface area contributed by atoms with E-state index in [1.807, 2.05) is 18.2 Å². The SMILES string of the molecule is Cc1cc2nnc(SCCCn3c(=O)c4c(ncn4C)n(C)c3=O)n2c2ccccc12. The van der Waals surface area contributed by atoms with Gasteiger partial charge in [0.1, 0.15) is 0 Å². The van der Waals surface area contributed by atoms with E-state index in [-0.39, 0.29) is 11.2 Å². The van der Waals surface area contributed by atoms with Crippen LogP contribution in [0.4, 0.5) is 0 Å². The summed E-state index contributed by atoms with van der Waals surface area (Å²) in [5, 5.41) is 10.6. The number of hydrogen-bond acceptors (Lipinski definition) is 6. The second-order valence-corrected chi connectivity index (χ2v) is 8.61. The molecular formula is C21H21N7O2S. The van der Waals surface area contributed by atoms with E-state index in [1.54, 1.807) is 36.8 Å². The van der Waals surface area contributed by atoms with E-state index in [9.17, 15) is 9.59 Å². The number of rotatable bonds is 5. The first-order chi connectivity index (χ1) is 15.0. The highest BCUT2D eigenvalue weighted by Crippen LogP contribution is 2.26. The molecule has 0 spiro atoms. The second-order valence-electron chi connectivity index (χ2n) is 7.55. The molecule has 0 aliphatic carbocycles. The van der Waals surface area contributed by atoms with Crippen LogP contribution in [0.3, 0.4) is 0 Å². The summed E-state index contributed by atoms with van der Waals surface area (Å²) < 4.78 is 6.41. The summed E-state index contributed by atoms with van der Waals surface area (Å²) in [6.45, 7) is 2.40. The van der Waals surface area contributed by atoms with Gasteiger partial charge in [0.15, 0.2) is 22.0 Å². The molecule has 0 bridgehead atoms. The number of imidazole rings is 1. The third-order valence-corrected chi connectivity index (χ3v) is 6.55. The molecule has 0 aliphatic heterocycles. The average Bonchev–Trinajstić information content (AvgIpc) is 3.35. The first-order valence-electron chi connectivity index (χ1n) is 9.94. The maximum atomic E-state index is 12.8. The smallest absolute Gasteiger partial charge is 0.328 e. The Balaban J connectivity index is 1.40. The van der Waals surface area contributed by atoms with Crippen molar-refractivity contribution in [2.45, 2.75) is 25.0 Å². The zero-order valence-corrected chi connectivity index (χ0v) is 18.3. The van der Waals surface area contributed by atoms with Crippen LogP contribution in [-0.4, -0.2) is 39.0 Å². The average molecular weight is 436 g/mol. The van der Waals surface area contributed by atoms with Gasteiger partial charge in [0.2, 0.25) is 0 Å². The van der Waals surface area contributed by atoms with Gasteiger partial charge in [-0.2, -0.15) is 0 Å². The quantitative estimate of drug-likeness (QED) is 0.310. The van der Waals surface area contributed by atoms with Crippen molar-refractivity contribution in [3.8, 4) is 0 Å². The minimum Gasteiger partial charge on any atom is -0.328 e. The molecule has 0 saturated heterocycles. The van der Waals surface area contributed by atoms with E-state index in [1.165, 1.54) is 9.13 Å². The van der Waals surface area contributed by atoms with Crippen LogP contribution in [-0.2, 0) is 20.6 Å². The van der Waals surface area contributed by atoms with Crippen LogP contribution in [0.5, 0.6) is 0 Å². The van der Waals surface area contributed by atoms with E-state index in [4.69, 9.17) is 0 Å². The van der Waals surface area contributed by atoms with Crippen molar-refractivity contribution in [2.24, 2.45) is 14.1 Å². The largest absolute Gasteiger partial charge is 0.332 e. The van der Waals surface area contributed by atoms with Gasteiger partial charge < -0.3 is 4.57 Å². The molecule has 0 amide bonds. The molecule has 0 radical (unpaired) electrons. The lowest BCUT2D eigenvalue weighted by Crippen LogP contribution is -2.39. The van der Waals surface area contributed by atoms with Gasteiger partial charge in [-0.3, -0.25) is 18.3 Å². The highest BCUT2D eigenvalue weighted by molar-refractivity contribution is 7.99. The third kappa shape index (κ3) is 3.05. The maximum Gasteiger partial charge on any atom is 0.332 e. The molecule has 10 heteroatoms.